The number of likely N-dealkylation sites (tertiary alicyclic amines) is 1. The first-order valence-electron chi connectivity index (χ1n) is 9.53. The summed E-state index contributed by atoms with van der Waals surface area (Å²) in [4.78, 5) is 15.2. The second kappa shape index (κ2) is 6.95. The summed E-state index contributed by atoms with van der Waals surface area (Å²) in [5.41, 5.74) is 3.36. The van der Waals surface area contributed by atoms with Crippen LogP contribution in [-0.2, 0) is 0 Å². The zero-order chi connectivity index (χ0) is 18.1. The highest BCUT2D eigenvalue weighted by Gasteiger charge is 2.30. The molecular formula is C24H25NO. The molecule has 0 N–H and O–H groups in total. The van der Waals surface area contributed by atoms with Gasteiger partial charge in [0.2, 0.25) is 0 Å². The lowest BCUT2D eigenvalue weighted by Crippen LogP contribution is -2.30. The molecule has 1 fully saturated rings. The Bertz CT molecular complexity index is 929. The molecule has 1 atom stereocenters. The molecule has 0 bridgehead atoms. The summed E-state index contributed by atoms with van der Waals surface area (Å²) in [7, 11) is 0. The van der Waals surface area contributed by atoms with E-state index in [0.717, 1.165) is 30.3 Å². The third-order valence-corrected chi connectivity index (χ3v) is 5.48. The van der Waals surface area contributed by atoms with Crippen molar-refractivity contribution < 1.29 is 4.79 Å². The van der Waals surface area contributed by atoms with Gasteiger partial charge < -0.3 is 4.90 Å². The smallest absolute Gasteiger partial charge is 0.254 e. The van der Waals surface area contributed by atoms with Crippen LogP contribution in [0.15, 0.2) is 66.7 Å². The van der Waals surface area contributed by atoms with Gasteiger partial charge in [0.15, 0.2) is 0 Å². The zero-order valence-electron chi connectivity index (χ0n) is 15.5. The van der Waals surface area contributed by atoms with Gasteiger partial charge in [0.05, 0.1) is 6.04 Å². The third kappa shape index (κ3) is 3.12. The highest BCUT2D eigenvalue weighted by Crippen LogP contribution is 2.33. The molecule has 1 aliphatic heterocycles. The van der Waals surface area contributed by atoms with Crippen LogP contribution < -0.4 is 0 Å². The minimum atomic E-state index is 0.145. The van der Waals surface area contributed by atoms with Gasteiger partial charge in [-0.25, -0.2) is 0 Å². The summed E-state index contributed by atoms with van der Waals surface area (Å²) in [6.45, 7) is 5.25. The Morgan fingerprint density at radius 2 is 1.69 bits per heavy atom. The van der Waals surface area contributed by atoms with Crippen LogP contribution in [0.25, 0.3) is 10.8 Å². The van der Waals surface area contributed by atoms with E-state index in [9.17, 15) is 4.79 Å². The topological polar surface area (TPSA) is 20.3 Å². The van der Waals surface area contributed by atoms with E-state index >= 15 is 0 Å². The highest BCUT2D eigenvalue weighted by atomic mass is 16.2. The fraction of sp³-hybridized carbons (Fsp3) is 0.292. The standard InChI is InChI=1S/C24H25NO/c1-17(2)19-10-11-21-16-22(13-12-20(21)15-19)24(26)25-14-6-9-23(25)18-7-4-3-5-8-18/h3-5,7-8,10-13,15-17,23H,6,9,14H2,1-2H3/t23-/m1/s1. The minimum absolute atomic E-state index is 0.145. The van der Waals surface area contributed by atoms with Crippen molar-refractivity contribution >= 4 is 16.7 Å². The molecule has 0 saturated carbocycles. The van der Waals surface area contributed by atoms with E-state index in [-0.39, 0.29) is 11.9 Å². The van der Waals surface area contributed by atoms with Crippen molar-refractivity contribution in [1.82, 2.24) is 4.90 Å². The number of carbonyl (C=O) groups excluding carboxylic acids is 1. The van der Waals surface area contributed by atoms with Gasteiger partial charge in [-0.2, -0.15) is 0 Å². The quantitative estimate of drug-likeness (QED) is 0.576. The average molecular weight is 343 g/mol. The molecule has 2 heteroatoms. The van der Waals surface area contributed by atoms with E-state index in [0.29, 0.717) is 5.92 Å². The van der Waals surface area contributed by atoms with Crippen molar-refractivity contribution in [2.75, 3.05) is 6.54 Å². The lowest BCUT2D eigenvalue weighted by atomic mass is 9.98. The van der Waals surface area contributed by atoms with Crippen LogP contribution in [0, 0.1) is 0 Å². The highest BCUT2D eigenvalue weighted by molar-refractivity contribution is 5.99. The van der Waals surface area contributed by atoms with Crippen LogP contribution >= 0.6 is 0 Å². The number of nitrogens with zero attached hydrogens (tertiary/aromatic N) is 1. The predicted octanol–water partition coefficient (Wildman–Crippen LogP) is 5.94. The molecule has 0 unspecified atom stereocenters. The number of hydrogen-bond acceptors (Lipinski definition) is 1. The van der Waals surface area contributed by atoms with Gasteiger partial charge in [0, 0.05) is 12.1 Å². The Morgan fingerprint density at radius 1 is 0.962 bits per heavy atom. The summed E-state index contributed by atoms with van der Waals surface area (Å²) in [5, 5.41) is 2.34. The van der Waals surface area contributed by atoms with E-state index in [1.54, 1.807) is 0 Å². The fourth-order valence-electron chi connectivity index (χ4n) is 3.95. The third-order valence-electron chi connectivity index (χ3n) is 5.48. The van der Waals surface area contributed by atoms with Gasteiger partial charge in [-0.3, -0.25) is 4.79 Å². The number of benzene rings is 3. The first kappa shape index (κ1) is 16.8. The van der Waals surface area contributed by atoms with Crippen molar-refractivity contribution in [1.29, 1.82) is 0 Å². The van der Waals surface area contributed by atoms with Crippen LogP contribution in [0.3, 0.4) is 0 Å². The molecule has 3 aromatic rings. The summed E-state index contributed by atoms with van der Waals surface area (Å²) in [6.07, 6.45) is 2.11. The minimum Gasteiger partial charge on any atom is -0.332 e. The van der Waals surface area contributed by atoms with E-state index < -0.39 is 0 Å². The van der Waals surface area contributed by atoms with Crippen molar-refractivity contribution in [3.8, 4) is 0 Å². The zero-order valence-corrected chi connectivity index (χ0v) is 15.5. The SMILES string of the molecule is CC(C)c1ccc2cc(C(=O)N3CCC[C@@H]3c3ccccc3)ccc2c1. The molecule has 2 nitrogen and oxygen atoms in total. The van der Waals surface area contributed by atoms with Gasteiger partial charge in [-0.1, -0.05) is 68.4 Å². The maximum atomic E-state index is 13.2. The molecular weight excluding hydrogens is 318 g/mol. The van der Waals surface area contributed by atoms with Crippen molar-refractivity contribution in [3.63, 3.8) is 0 Å². The largest absolute Gasteiger partial charge is 0.332 e. The Morgan fingerprint density at radius 3 is 2.46 bits per heavy atom. The summed E-state index contributed by atoms with van der Waals surface area (Å²) < 4.78 is 0. The van der Waals surface area contributed by atoms with Crippen molar-refractivity contribution in [2.45, 2.75) is 38.6 Å². The van der Waals surface area contributed by atoms with Gasteiger partial charge in [-0.05, 0) is 52.8 Å². The molecule has 26 heavy (non-hydrogen) atoms. The van der Waals surface area contributed by atoms with Gasteiger partial charge in [0.25, 0.3) is 5.91 Å². The number of amides is 1. The van der Waals surface area contributed by atoms with Crippen molar-refractivity contribution in [3.05, 3.63) is 83.4 Å². The molecule has 132 valence electrons. The first-order chi connectivity index (χ1) is 12.6. The maximum Gasteiger partial charge on any atom is 0.254 e. The van der Waals surface area contributed by atoms with Crippen LogP contribution in [-0.4, -0.2) is 17.4 Å². The molecule has 0 spiro atoms. The average Bonchev–Trinajstić information content (AvgIpc) is 3.17. The van der Waals surface area contributed by atoms with E-state index in [1.165, 1.54) is 16.5 Å². The second-order valence-electron chi connectivity index (χ2n) is 7.54. The van der Waals surface area contributed by atoms with E-state index in [1.807, 2.05) is 23.1 Å². The summed E-state index contributed by atoms with van der Waals surface area (Å²) in [6, 6.07) is 23.2. The molecule has 4 rings (SSSR count). The van der Waals surface area contributed by atoms with Crippen molar-refractivity contribution in [2.24, 2.45) is 0 Å². The number of hydrogen-bond donors (Lipinski definition) is 0. The molecule has 1 amide bonds. The molecule has 0 radical (unpaired) electrons. The Hall–Kier alpha value is -2.61. The molecule has 1 saturated heterocycles. The molecule has 0 aliphatic carbocycles. The normalized spacial score (nSPS) is 17.2. The number of rotatable bonds is 3. The number of fused-ring (bicyclic) bond motifs is 1. The van der Waals surface area contributed by atoms with E-state index in [2.05, 4.69) is 62.4 Å². The molecule has 1 heterocycles. The summed E-state index contributed by atoms with van der Waals surface area (Å²) >= 11 is 0. The predicted molar refractivity (Wildman–Crippen MR) is 107 cm³/mol. The Kier molecular flexibility index (Phi) is 4.50. The summed E-state index contributed by atoms with van der Waals surface area (Å²) in [5.74, 6) is 0.656. The Balaban J connectivity index is 1.64. The lowest BCUT2D eigenvalue weighted by molar-refractivity contribution is 0.0736. The first-order valence-corrected chi connectivity index (χ1v) is 9.53. The maximum absolute atomic E-state index is 13.2. The second-order valence-corrected chi connectivity index (χ2v) is 7.54. The van der Waals surface area contributed by atoms with Crippen LogP contribution in [0.2, 0.25) is 0 Å². The van der Waals surface area contributed by atoms with Gasteiger partial charge >= 0.3 is 0 Å². The van der Waals surface area contributed by atoms with Gasteiger partial charge in [-0.15, -0.1) is 0 Å². The van der Waals surface area contributed by atoms with Crippen LogP contribution in [0.5, 0.6) is 0 Å². The molecule has 0 aromatic heterocycles. The fourth-order valence-corrected chi connectivity index (χ4v) is 3.95. The monoisotopic (exact) mass is 343 g/mol. The Labute approximate surface area is 155 Å². The van der Waals surface area contributed by atoms with E-state index in [4.69, 9.17) is 0 Å². The molecule has 3 aromatic carbocycles. The van der Waals surface area contributed by atoms with Gasteiger partial charge in [0.1, 0.15) is 0 Å². The number of carbonyl (C=O) groups is 1. The molecule has 1 aliphatic rings. The lowest BCUT2D eigenvalue weighted by Gasteiger charge is -2.25. The van der Waals surface area contributed by atoms with Crippen LogP contribution in [0.4, 0.5) is 0 Å². The van der Waals surface area contributed by atoms with Crippen LogP contribution in [0.1, 0.15) is 60.1 Å².